The van der Waals surface area contributed by atoms with Gasteiger partial charge in [0.25, 0.3) is 0 Å². The van der Waals surface area contributed by atoms with Crippen molar-refractivity contribution in [1.82, 2.24) is 14.3 Å². The number of ether oxygens (including phenoxy) is 1. The molecule has 4 heterocycles. The molecule has 1 fully saturated rings. The van der Waals surface area contributed by atoms with E-state index < -0.39 is 0 Å². The molecule has 4 aromatic rings. The summed E-state index contributed by atoms with van der Waals surface area (Å²) in [5.41, 5.74) is 2.41. The number of hydrogen-bond acceptors (Lipinski definition) is 5. The van der Waals surface area contributed by atoms with E-state index >= 15 is 0 Å². The van der Waals surface area contributed by atoms with Crippen molar-refractivity contribution in [1.29, 1.82) is 5.41 Å². The Balaban J connectivity index is 1.40. The zero-order valence-electron chi connectivity index (χ0n) is 15.6. The van der Waals surface area contributed by atoms with E-state index in [-0.39, 0.29) is 0 Å². The van der Waals surface area contributed by atoms with Crippen LogP contribution >= 0.6 is 0 Å². The summed E-state index contributed by atoms with van der Waals surface area (Å²) in [5.74, 6) is 1.36. The SMILES string of the molecule is N=c1cc(-c2cc3cccn3cn2)oc2ccc(OCCN3CCCC3)cc12. The molecule has 1 aromatic carbocycles. The second-order valence-electron chi connectivity index (χ2n) is 7.19. The molecule has 3 aromatic heterocycles. The first kappa shape index (κ1) is 17.0. The Morgan fingerprint density at radius 1 is 1.11 bits per heavy atom. The van der Waals surface area contributed by atoms with Crippen molar-refractivity contribution >= 4 is 16.5 Å². The van der Waals surface area contributed by atoms with Crippen LogP contribution in [0.1, 0.15) is 12.8 Å². The van der Waals surface area contributed by atoms with Crippen LogP contribution in [0.2, 0.25) is 0 Å². The van der Waals surface area contributed by atoms with Gasteiger partial charge in [-0.25, -0.2) is 4.98 Å². The topological polar surface area (TPSA) is 66.8 Å². The highest BCUT2D eigenvalue weighted by atomic mass is 16.5. The van der Waals surface area contributed by atoms with E-state index in [4.69, 9.17) is 14.6 Å². The molecule has 0 amide bonds. The zero-order valence-corrected chi connectivity index (χ0v) is 15.6. The van der Waals surface area contributed by atoms with Crippen LogP contribution in [-0.2, 0) is 0 Å². The van der Waals surface area contributed by atoms with Gasteiger partial charge in [0.1, 0.15) is 23.6 Å². The summed E-state index contributed by atoms with van der Waals surface area (Å²) in [5, 5.41) is 9.58. The van der Waals surface area contributed by atoms with E-state index in [2.05, 4.69) is 9.88 Å². The van der Waals surface area contributed by atoms with Gasteiger partial charge in [0.05, 0.1) is 11.7 Å². The molecule has 0 aliphatic carbocycles. The molecule has 28 heavy (non-hydrogen) atoms. The highest BCUT2D eigenvalue weighted by molar-refractivity contribution is 5.79. The van der Waals surface area contributed by atoms with Gasteiger partial charge in [0.2, 0.25) is 0 Å². The molecule has 0 atom stereocenters. The number of likely N-dealkylation sites (tertiary alicyclic amines) is 1. The summed E-state index contributed by atoms with van der Waals surface area (Å²) in [6.45, 7) is 3.95. The molecule has 1 aliphatic rings. The van der Waals surface area contributed by atoms with Crippen molar-refractivity contribution in [3.05, 3.63) is 60.3 Å². The summed E-state index contributed by atoms with van der Waals surface area (Å²) < 4.78 is 13.9. The van der Waals surface area contributed by atoms with Gasteiger partial charge in [-0.05, 0) is 62.3 Å². The fraction of sp³-hybridized carbons (Fsp3) is 0.273. The second-order valence-corrected chi connectivity index (χ2v) is 7.19. The number of benzene rings is 1. The highest BCUT2D eigenvalue weighted by Crippen LogP contribution is 2.24. The number of hydrogen-bond donors (Lipinski definition) is 1. The number of nitrogens with zero attached hydrogens (tertiary/aromatic N) is 3. The van der Waals surface area contributed by atoms with E-state index in [1.54, 1.807) is 12.4 Å². The molecule has 0 radical (unpaired) electrons. The third kappa shape index (κ3) is 3.27. The maximum Gasteiger partial charge on any atom is 0.155 e. The van der Waals surface area contributed by atoms with Gasteiger partial charge >= 0.3 is 0 Å². The molecule has 0 saturated carbocycles. The monoisotopic (exact) mass is 374 g/mol. The maximum absolute atomic E-state index is 8.44. The van der Waals surface area contributed by atoms with Crippen LogP contribution in [0, 0.1) is 5.41 Å². The molecule has 1 saturated heterocycles. The van der Waals surface area contributed by atoms with Crippen molar-refractivity contribution in [2.75, 3.05) is 26.2 Å². The smallest absolute Gasteiger partial charge is 0.155 e. The molecular formula is C22H22N4O2. The molecule has 1 aliphatic heterocycles. The average Bonchev–Trinajstić information content (AvgIpc) is 3.39. The van der Waals surface area contributed by atoms with Gasteiger partial charge in [-0.3, -0.25) is 10.3 Å². The van der Waals surface area contributed by atoms with Gasteiger partial charge in [0.15, 0.2) is 5.76 Å². The third-order valence-corrected chi connectivity index (χ3v) is 5.28. The minimum Gasteiger partial charge on any atom is -0.492 e. The third-order valence-electron chi connectivity index (χ3n) is 5.28. The van der Waals surface area contributed by atoms with Crippen molar-refractivity contribution in [3.8, 4) is 17.2 Å². The Kier molecular flexibility index (Phi) is 4.33. The number of nitrogens with one attached hydrogen (secondary N) is 1. The normalized spacial score (nSPS) is 14.9. The van der Waals surface area contributed by atoms with Crippen LogP contribution in [0.4, 0.5) is 0 Å². The van der Waals surface area contributed by atoms with E-state index in [9.17, 15) is 0 Å². The second kappa shape index (κ2) is 7.13. The molecule has 142 valence electrons. The average molecular weight is 374 g/mol. The van der Waals surface area contributed by atoms with Gasteiger partial charge in [-0.1, -0.05) is 0 Å². The molecule has 6 heteroatoms. The van der Waals surface area contributed by atoms with E-state index in [0.717, 1.165) is 23.2 Å². The van der Waals surface area contributed by atoms with E-state index in [1.807, 2.05) is 47.0 Å². The van der Waals surface area contributed by atoms with Crippen LogP contribution in [0.15, 0.2) is 59.4 Å². The first-order valence-electron chi connectivity index (χ1n) is 9.67. The van der Waals surface area contributed by atoms with E-state index in [1.165, 1.54) is 25.9 Å². The first-order chi connectivity index (χ1) is 13.8. The van der Waals surface area contributed by atoms with Crippen LogP contribution in [0.5, 0.6) is 5.75 Å². The van der Waals surface area contributed by atoms with Gasteiger partial charge in [-0.2, -0.15) is 0 Å². The summed E-state index contributed by atoms with van der Waals surface area (Å²) in [6, 6.07) is 13.3. The van der Waals surface area contributed by atoms with Crippen LogP contribution in [0.25, 0.3) is 27.9 Å². The summed E-state index contributed by atoms with van der Waals surface area (Å²) in [4.78, 5) is 6.87. The standard InChI is InChI=1S/C22H22N4O2/c23-19-14-22(20-12-16-4-3-9-26(16)15-24-20)28-21-6-5-17(13-18(19)21)27-11-10-25-7-1-2-8-25/h3-6,9,12-15,23H,1-2,7-8,10-11H2. The fourth-order valence-electron chi connectivity index (χ4n) is 3.75. The molecule has 5 rings (SSSR count). The molecule has 0 bridgehead atoms. The Labute approximate surface area is 162 Å². The zero-order chi connectivity index (χ0) is 18.9. The maximum atomic E-state index is 8.44. The lowest BCUT2D eigenvalue weighted by atomic mass is 10.2. The van der Waals surface area contributed by atoms with Crippen molar-refractivity contribution < 1.29 is 9.15 Å². The number of aromatic nitrogens is 2. The summed E-state index contributed by atoms with van der Waals surface area (Å²) in [7, 11) is 0. The summed E-state index contributed by atoms with van der Waals surface area (Å²) >= 11 is 0. The van der Waals surface area contributed by atoms with Crippen molar-refractivity contribution in [2.45, 2.75) is 12.8 Å². The van der Waals surface area contributed by atoms with Crippen LogP contribution in [0.3, 0.4) is 0 Å². The predicted molar refractivity (Wildman–Crippen MR) is 107 cm³/mol. The predicted octanol–water partition coefficient (Wildman–Crippen LogP) is 3.70. The Bertz CT molecular complexity index is 1190. The van der Waals surface area contributed by atoms with Gasteiger partial charge in [-0.15, -0.1) is 0 Å². The molecule has 1 N–H and O–H groups in total. The molecule has 0 spiro atoms. The minimum absolute atomic E-state index is 0.401. The minimum atomic E-state index is 0.401. The number of rotatable bonds is 5. The summed E-state index contributed by atoms with van der Waals surface area (Å²) in [6.07, 6.45) is 6.28. The van der Waals surface area contributed by atoms with E-state index in [0.29, 0.717) is 29.0 Å². The van der Waals surface area contributed by atoms with Gasteiger partial charge in [0, 0.05) is 29.7 Å². The first-order valence-corrected chi connectivity index (χ1v) is 9.67. The molecule has 0 unspecified atom stereocenters. The lowest BCUT2D eigenvalue weighted by molar-refractivity contribution is 0.238. The van der Waals surface area contributed by atoms with Crippen molar-refractivity contribution in [2.24, 2.45) is 0 Å². The van der Waals surface area contributed by atoms with Crippen LogP contribution < -0.4 is 10.1 Å². The Morgan fingerprint density at radius 3 is 2.89 bits per heavy atom. The highest BCUT2D eigenvalue weighted by Gasteiger charge is 2.12. The van der Waals surface area contributed by atoms with Crippen molar-refractivity contribution in [3.63, 3.8) is 0 Å². The van der Waals surface area contributed by atoms with Crippen LogP contribution in [-0.4, -0.2) is 40.5 Å². The quantitative estimate of drug-likeness (QED) is 0.578. The lowest BCUT2D eigenvalue weighted by Crippen LogP contribution is -2.25. The van der Waals surface area contributed by atoms with Gasteiger partial charge < -0.3 is 13.6 Å². The Morgan fingerprint density at radius 2 is 2.00 bits per heavy atom. The Hall–Kier alpha value is -3.12. The molecular weight excluding hydrogens is 352 g/mol. The number of fused-ring (bicyclic) bond motifs is 2. The largest absolute Gasteiger partial charge is 0.492 e. The molecule has 6 nitrogen and oxygen atoms in total. The fourth-order valence-corrected chi connectivity index (χ4v) is 3.75. The lowest BCUT2D eigenvalue weighted by Gasteiger charge is -2.15.